The molecule has 0 saturated carbocycles. The van der Waals surface area contributed by atoms with Crippen LogP contribution in [0.4, 0.5) is 0 Å². The van der Waals surface area contributed by atoms with E-state index in [9.17, 15) is 0 Å². The van der Waals surface area contributed by atoms with Crippen molar-refractivity contribution < 1.29 is 0 Å². The van der Waals surface area contributed by atoms with Crippen molar-refractivity contribution in [1.82, 2.24) is 10.3 Å². The summed E-state index contributed by atoms with van der Waals surface area (Å²) in [6, 6.07) is 14.9. The van der Waals surface area contributed by atoms with Gasteiger partial charge in [0.1, 0.15) is 0 Å². The number of fused-ring (bicyclic) bond motifs is 1. The fourth-order valence-electron chi connectivity index (χ4n) is 2.38. The van der Waals surface area contributed by atoms with Crippen LogP contribution in [0.3, 0.4) is 0 Å². The Bertz CT molecular complexity index is 698. The molecule has 1 aromatic carbocycles. The van der Waals surface area contributed by atoms with Gasteiger partial charge in [0.25, 0.3) is 0 Å². The molecule has 0 spiro atoms. The monoisotopic (exact) mass is 282 g/mol. The van der Waals surface area contributed by atoms with Crippen LogP contribution in [-0.2, 0) is 13.0 Å². The minimum Gasteiger partial charge on any atom is -0.312 e. The Morgan fingerprint density at radius 2 is 2.00 bits per heavy atom. The van der Waals surface area contributed by atoms with Gasteiger partial charge in [-0.05, 0) is 43.7 Å². The Hall–Kier alpha value is -1.71. The standard InChI is InChI=1S/C17H18N2S/c1-13-7-8-16(20-13)12-18-11-9-15-5-2-4-14-6-3-10-19-17(14)15/h2-8,10,18H,9,11-12H2,1H3. The van der Waals surface area contributed by atoms with Crippen LogP contribution in [0.25, 0.3) is 10.9 Å². The number of rotatable bonds is 5. The van der Waals surface area contributed by atoms with Crippen LogP contribution in [0.2, 0.25) is 0 Å². The second-order valence-corrected chi connectivity index (χ2v) is 6.30. The van der Waals surface area contributed by atoms with Gasteiger partial charge in [-0.15, -0.1) is 11.3 Å². The highest BCUT2D eigenvalue weighted by atomic mass is 32.1. The first kappa shape index (κ1) is 13.3. The summed E-state index contributed by atoms with van der Waals surface area (Å²) in [6.07, 6.45) is 2.88. The molecule has 3 heteroatoms. The quantitative estimate of drug-likeness (QED) is 0.717. The molecular weight excluding hydrogens is 264 g/mol. The van der Waals surface area contributed by atoms with Crippen LogP contribution in [-0.4, -0.2) is 11.5 Å². The molecule has 20 heavy (non-hydrogen) atoms. The van der Waals surface area contributed by atoms with Crippen molar-refractivity contribution in [3.05, 3.63) is 64.0 Å². The average molecular weight is 282 g/mol. The SMILES string of the molecule is Cc1ccc(CNCCc2cccc3cccnc23)s1. The maximum Gasteiger partial charge on any atom is 0.0734 e. The summed E-state index contributed by atoms with van der Waals surface area (Å²) in [5, 5.41) is 4.73. The van der Waals surface area contributed by atoms with E-state index in [2.05, 4.69) is 53.6 Å². The van der Waals surface area contributed by atoms with Crippen LogP contribution in [0, 0.1) is 6.92 Å². The lowest BCUT2D eigenvalue weighted by molar-refractivity contribution is 0.695. The third-order valence-corrected chi connectivity index (χ3v) is 4.38. The molecule has 0 bridgehead atoms. The van der Waals surface area contributed by atoms with E-state index in [1.165, 1.54) is 20.7 Å². The number of aryl methyl sites for hydroxylation is 1. The van der Waals surface area contributed by atoms with Crippen LogP contribution < -0.4 is 5.32 Å². The molecule has 2 nitrogen and oxygen atoms in total. The van der Waals surface area contributed by atoms with Crippen molar-refractivity contribution >= 4 is 22.2 Å². The Kier molecular flexibility index (Phi) is 4.09. The highest BCUT2D eigenvalue weighted by Gasteiger charge is 2.01. The fourth-order valence-corrected chi connectivity index (χ4v) is 3.24. The molecule has 0 fully saturated rings. The van der Waals surface area contributed by atoms with E-state index in [4.69, 9.17) is 0 Å². The van der Waals surface area contributed by atoms with Crippen molar-refractivity contribution in [3.63, 3.8) is 0 Å². The zero-order valence-electron chi connectivity index (χ0n) is 11.6. The molecule has 0 amide bonds. The molecule has 1 N–H and O–H groups in total. The maximum absolute atomic E-state index is 4.50. The molecule has 0 radical (unpaired) electrons. The summed E-state index contributed by atoms with van der Waals surface area (Å²) < 4.78 is 0. The number of pyridine rings is 1. The van der Waals surface area contributed by atoms with Crippen LogP contribution >= 0.6 is 11.3 Å². The molecule has 2 heterocycles. The number of benzene rings is 1. The van der Waals surface area contributed by atoms with E-state index in [1.54, 1.807) is 0 Å². The fraction of sp³-hybridized carbons (Fsp3) is 0.235. The Labute approximate surface area is 123 Å². The van der Waals surface area contributed by atoms with Crippen LogP contribution in [0.1, 0.15) is 15.3 Å². The van der Waals surface area contributed by atoms with Gasteiger partial charge in [-0.2, -0.15) is 0 Å². The summed E-state index contributed by atoms with van der Waals surface area (Å²) in [5.74, 6) is 0. The van der Waals surface area contributed by atoms with Gasteiger partial charge in [0.2, 0.25) is 0 Å². The molecule has 0 atom stereocenters. The van der Waals surface area contributed by atoms with E-state index in [0.29, 0.717) is 0 Å². The minimum absolute atomic E-state index is 0.955. The van der Waals surface area contributed by atoms with Crippen molar-refractivity contribution in [3.8, 4) is 0 Å². The van der Waals surface area contributed by atoms with E-state index in [1.807, 2.05) is 23.6 Å². The zero-order valence-corrected chi connectivity index (χ0v) is 12.4. The number of hydrogen-bond donors (Lipinski definition) is 1. The van der Waals surface area contributed by atoms with E-state index < -0.39 is 0 Å². The highest BCUT2D eigenvalue weighted by Crippen LogP contribution is 2.17. The molecule has 102 valence electrons. The van der Waals surface area contributed by atoms with Gasteiger partial charge >= 0.3 is 0 Å². The second kappa shape index (κ2) is 6.16. The van der Waals surface area contributed by atoms with Crippen molar-refractivity contribution in [1.29, 1.82) is 0 Å². The first-order valence-electron chi connectivity index (χ1n) is 6.91. The number of aromatic nitrogens is 1. The molecule has 3 rings (SSSR count). The van der Waals surface area contributed by atoms with Gasteiger partial charge in [-0.3, -0.25) is 4.98 Å². The van der Waals surface area contributed by atoms with Crippen molar-refractivity contribution in [2.24, 2.45) is 0 Å². The Morgan fingerprint density at radius 1 is 1.10 bits per heavy atom. The summed E-state index contributed by atoms with van der Waals surface area (Å²) in [4.78, 5) is 7.27. The van der Waals surface area contributed by atoms with Gasteiger partial charge in [-0.1, -0.05) is 24.3 Å². The second-order valence-electron chi connectivity index (χ2n) is 4.93. The lowest BCUT2D eigenvalue weighted by Gasteiger charge is -2.06. The Morgan fingerprint density at radius 3 is 2.85 bits per heavy atom. The third-order valence-electron chi connectivity index (χ3n) is 3.38. The first-order valence-corrected chi connectivity index (χ1v) is 7.73. The summed E-state index contributed by atoms with van der Waals surface area (Å²) in [7, 11) is 0. The molecule has 0 aliphatic carbocycles. The minimum atomic E-state index is 0.955. The topological polar surface area (TPSA) is 24.9 Å². The van der Waals surface area contributed by atoms with Crippen LogP contribution in [0.15, 0.2) is 48.7 Å². The van der Waals surface area contributed by atoms with E-state index >= 15 is 0 Å². The number of thiophene rings is 1. The lowest BCUT2D eigenvalue weighted by atomic mass is 10.1. The van der Waals surface area contributed by atoms with E-state index in [-0.39, 0.29) is 0 Å². The largest absolute Gasteiger partial charge is 0.312 e. The normalized spacial score (nSPS) is 11.1. The molecule has 2 aromatic heterocycles. The highest BCUT2D eigenvalue weighted by molar-refractivity contribution is 7.11. The van der Waals surface area contributed by atoms with Gasteiger partial charge < -0.3 is 5.32 Å². The maximum atomic E-state index is 4.50. The summed E-state index contributed by atoms with van der Waals surface area (Å²) in [5.41, 5.74) is 2.45. The molecular formula is C17H18N2S. The average Bonchev–Trinajstić information content (AvgIpc) is 2.89. The molecule has 0 unspecified atom stereocenters. The number of hydrogen-bond acceptors (Lipinski definition) is 3. The summed E-state index contributed by atoms with van der Waals surface area (Å²) in [6.45, 7) is 4.08. The third kappa shape index (κ3) is 3.06. The molecule has 3 aromatic rings. The summed E-state index contributed by atoms with van der Waals surface area (Å²) >= 11 is 1.86. The van der Waals surface area contributed by atoms with E-state index in [0.717, 1.165) is 25.0 Å². The predicted molar refractivity (Wildman–Crippen MR) is 86.2 cm³/mol. The van der Waals surface area contributed by atoms with Crippen molar-refractivity contribution in [2.45, 2.75) is 19.9 Å². The van der Waals surface area contributed by atoms with Gasteiger partial charge in [-0.25, -0.2) is 0 Å². The smallest absolute Gasteiger partial charge is 0.0734 e. The number of para-hydroxylation sites is 1. The predicted octanol–water partition coefficient (Wildman–Crippen LogP) is 3.94. The molecule has 0 aliphatic heterocycles. The Balaban J connectivity index is 1.60. The van der Waals surface area contributed by atoms with Crippen LogP contribution in [0.5, 0.6) is 0 Å². The van der Waals surface area contributed by atoms with Gasteiger partial charge in [0.05, 0.1) is 5.52 Å². The number of nitrogens with one attached hydrogen (secondary N) is 1. The first-order chi connectivity index (χ1) is 9.83. The zero-order chi connectivity index (χ0) is 13.8. The van der Waals surface area contributed by atoms with Gasteiger partial charge in [0.15, 0.2) is 0 Å². The van der Waals surface area contributed by atoms with Crippen molar-refractivity contribution in [2.75, 3.05) is 6.54 Å². The molecule has 0 aliphatic rings. The van der Waals surface area contributed by atoms with Gasteiger partial charge in [0, 0.05) is 27.9 Å². The molecule has 0 saturated heterocycles. The lowest BCUT2D eigenvalue weighted by Crippen LogP contribution is -2.16. The number of nitrogens with zero attached hydrogens (tertiary/aromatic N) is 1.